The van der Waals surface area contributed by atoms with E-state index in [0.29, 0.717) is 6.54 Å². The van der Waals surface area contributed by atoms with E-state index >= 15 is 0 Å². The number of halogens is 1. The zero-order valence-electron chi connectivity index (χ0n) is 9.23. The fourth-order valence-corrected chi connectivity index (χ4v) is 4.88. The zero-order valence-corrected chi connectivity index (χ0v) is 9.23. The van der Waals surface area contributed by atoms with Crippen LogP contribution in [0, 0.1) is 29.1 Å². The quantitative estimate of drug-likeness (QED) is 0.766. The van der Waals surface area contributed by atoms with Gasteiger partial charge in [-0.1, -0.05) is 0 Å². The molecule has 3 aliphatic rings. The third-order valence-corrected chi connectivity index (χ3v) is 5.49. The Hall–Kier alpha value is -0.640. The topological polar surface area (TPSA) is 63.3 Å². The number of carboxylic acid groups (broad SMARTS) is 1. The monoisotopic (exact) mass is 227 g/mol. The number of alkyl halides is 1. The van der Waals surface area contributed by atoms with Gasteiger partial charge in [-0.15, -0.1) is 0 Å². The van der Waals surface area contributed by atoms with Gasteiger partial charge in [0.2, 0.25) is 0 Å². The smallest absolute Gasteiger partial charge is 0.303 e. The van der Waals surface area contributed by atoms with Crippen molar-refractivity contribution >= 4 is 5.97 Å². The zero-order chi connectivity index (χ0) is 11.5. The Morgan fingerprint density at radius 3 is 2.81 bits per heavy atom. The highest BCUT2D eigenvalue weighted by Gasteiger charge is 2.69. The summed E-state index contributed by atoms with van der Waals surface area (Å²) in [6, 6.07) is 0. The Morgan fingerprint density at radius 2 is 2.19 bits per heavy atom. The molecule has 0 saturated heterocycles. The summed E-state index contributed by atoms with van der Waals surface area (Å²) >= 11 is 0. The number of hydrogen-bond acceptors (Lipinski definition) is 2. The molecule has 16 heavy (non-hydrogen) atoms. The maximum absolute atomic E-state index is 13.9. The number of hydrogen-bond donors (Lipinski definition) is 2. The molecule has 0 aliphatic heterocycles. The lowest BCUT2D eigenvalue weighted by Crippen LogP contribution is -2.61. The average molecular weight is 227 g/mol. The molecule has 6 atom stereocenters. The Labute approximate surface area is 94.2 Å². The van der Waals surface area contributed by atoms with Crippen LogP contribution in [0.5, 0.6) is 0 Å². The molecule has 3 fully saturated rings. The van der Waals surface area contributed by atoms with Gasteiger partial charge in [0.25, 0.3) is 0 Å². The van der Waals surface area contributed by atoms with Gasteiger partial charge in [-0.25, -0.2) is 4.39 Å². The molecule has 2 bridgehead atoms. The lowest BCUT2D eigenvalue weighted by atomic mass is 9.45. The molecule has 3 rings (SSSR count). The van der Waals surface area contributed by atoms with Crippen LogP contribution in [0.25, 0.3) is 0 Å². The van der Waals surface area contributed by atoms with E-state index in [0.717, 1.165) is 19.3 Å². The summed E-state index contributed by atoms with van der Waals surface area (Å²) in [5, 5.41) is 9.01. The van der Waals surface area contributed by atoms with Crippen LogP contribution >= 0.6 is 0 Å². The van der Waals surface area contributed by atoms with Crippen molar-refractivity contribution in [1.29, 1.82) is 0 Å². The van der Waals surface area contributed by atoms with Crippen LogP contribution in [0.2, 0.25) is 0 Å². The van der Waals surface area contributed by atoms with E-state index in [1.807, 2.05) is 0 Å². The molecule has 0 heterocycles. The molecule has 4 heteroatoms. The second-order valence-corrected chi connectivity index (χ2v) is 5.82. The maximum Gasteiger partial charge on any atom is 0.303 e. The van der Waals surface area contributed by atoms with Gasteiger partial charge < -0.3 is 10.8 Å². The Balaban J connectivity index is 1.90. The van der Waals surface area contributed by atoms with Crippen molar-refractivity contribution in [3.05, 3.63) is 0 Å². The molecule has 0 aromatic rings. The first-order valence-corrected chi connectivity index (χ1v) is 6.16. The predicted molar refractivity (Wildman–Crippen MR) is 56.4 cm³/mol. The van der Waals surface area contributed by atoms with Gasteiger partial charge in [-0.2, -0.15) is 0 Å². The molecule has 1 unspecified atom stereocenters. The van der Waals surface area contributed by atoms with Crippen molar-refractivity contribution in [3.63, 3.8) is 0 Å². The van der Waals surface area contributed by atoms with Crippen LogP contribution in [0.15, 0.2) is 0 Å². The van der Waals surface area contributed by atoms with E-state index in [2.05, 4.69) is 0 Å². The van der Waals surface area contributed by atoms with E-state index < -0.39 is 12.1 Å². The Bertz CT molecular complexity index is 327. The van der Waals surface area contributed by atoms with Crippen LogP contribution < -0.4 is 5.73 Å². The van der Waals surface area contributed by atoms with Gasteiger partial charge in [0.05, 0.1) is 6.42 Å². The molecule has 0 radical (unpaired) electrons. The number of nitrogens with two attached hydrogens (primary N) is 1. The molecular weight excluding hydrogens is 209 g/mol. The van der Waals surface area contributed by atoms with E-state index in [9.17, 15) is 9.18 Å². The normalized spacial score (nSPS) is 53.5. The lowest BCUT2D eigenvalue weighted by molar-refractivity contribution is -0.163. The Morgan fingerprint density at radius 1 is 1.44 bits per heavy atom. The highest BCUT2D eigenvalue weighted by molar-refractivity contribution is 5.68. The highest BCUT2D eigenvalue weighted by atomic mass is 19.1. The summed E-state index contributed by atoms with van der Waals surface area (Å²) in [5.41, 5.74) is 5.53. The summed E-state index contributed by atoms with van der Waals surface area (Å²) in [7, 11) is 0. The van der Waals surface area contributed by atoms with E-state index in [1.165, 1.54) is 0 Å². The lowest BCUT2D eigenvalue weighted by Gasteiger charge is -2.59. The van der Waals surface area contributed by atoms with Crippen molar-refractivity contribution in [1.82, 2.24) is 0 Å². The fraction of sp³-hybridized carbons (Fsp3) is 0.917. The van der Waals surface area contributed by atoms with Crippen LogP contribution in [-0.4, -0.2) is 23.8 Å². The van der Waals surface area contributed by atoms with Gasteiger partial charge in [-0.05, 0) is 54.9 Å². The van der Waals surface area contributed by atoms with Crippen LogP contribution in [-0.2, 0) is 4.79 Å². The highest BCUT2D eigenvalue weighted by Crippen LogP contribution is 2.70. The maximum atomic E-state index is 13.9. The van der Waals surface area contributed by atoms with Crippen molar-refractivity contribution in [3.8, 4) is 0 Å². The average Bonchev–Trinajstić information content (AvgIpc) is 2.44. The third-order valence-electron chi connectivity index (χ3n) is 5.49. The minimum Gasteiger partial charge on any atom is -0.481 e. The second kappa shape index (κ2) is 3.19. The molecule has 3 aliphatic carbocycles. The Kier molecular flexibility index (Phi) is 2.09. The van der Waals surface area contributed by atoms with Crippen LogP contribution in [0.4, 0.5) is 4.39 Å². The second-order valence-electron chi connectivity index (χ2n) is 5.82. The molecule has 90 valence electrons. The first-order chi connectivity index (χ1) is 7.60. The SMILES string of the molecule is NC[C@@]1(CC(=O)O)C2CC[C@@H]3C[C@H]1[C@H]2[C@H]3F. The van der Waals surface area contributed by atoms with Crippen LogP contribution in [0.1, 0.15) is 25.7 Å². The number of rotatable bonds is 3. The molecule has 0 aromatic carbocycles. The van der Waals surface area contributed by atoms with Crippen molar-refractivity contribution < 1.29 is 14.3 Å². The number of aliphatic carboxylic acids is 1. The first-order valence-electron chi connectivity index (χ1n) is 6.16. The summed E-state index contributed by atoms with van der Waals surface area (Å²) in [6.07, 6.45) is 2.23. The number of carboxylic acids is 1. The molecule has 0 amide bonds. The molecule has 3 N–H and O–H groups in total. The summed E-state index contributed by atoms with van der Waals surface area (Å²) in [4.78, 5) is 11.0. The fourth-order valence-electron chi connectivity index (χ4n) is 4.88. The summed E-state index contributed by atoms with van der Waals surface area (Å²) < 4.78 is 13.9. The number of carbonyl (C=O) groups is 1. The molecule has 0 aromatic heterocycles. The minimum absolute atomic E-state index is 0.127. The van der Waals surface area contributed by atoms with Crippen LogP contribution in [0.3, 0.4) is 0 Å². The predicted octanol–water partition coefficient (Wildman–Crippen LogP) is 1.42. The standard InChI is InChI=1S/C12H18FNO2/c13-11-6-1-2-7-10(11)8(3-6)12(7,5-14)4-9(15)16/h6-8,10-11H,1-5,14H2,(H,15,16)/t6-,7?,8+,10+,11+,12+/m1/s1. The van der Waals surface area contributed by atoms with Gasteiger partial charge in [0, 0.05) is 0 Å². The van der Waals surface area contributed by atoms with E-state index in [4.69, 9.17) is 10.8 Å². The van der Waals surface area contributed by atoms with Gasteiger partial charge in [0.1, 0.15) is 6.17 Å². The van der Waals surface area contributed by atoms with Gasteiger partial charge in [0.15, 0.2) is 0 Å². The van der Waals surface area contributed by atoms with Crippen molar-refractivity contribution in [2.75, 3.05) is 6.54 Å². The van der Waals surface area contributed by atoms with Crippen molar-refractivity contribution in [2.45, 2.75) is 31.9 Å². The van der Waals surface area contributed by atoms with Crippen molar-refractivity contribution in [2.24, 2.45) is 34.8 Å². The molecule has 3 nitrogen and oxygen atoms in total. The number of fused-ring (bicyclic) bond motifs is 1. The summed E-state index contributed by atoms with van der Waals surface area (Å²) in [5.74, 6) is -0.00164. The van der Waals surface area contributed by atoms with Gasteiger partial charge >= 0.3 is 5.97 Å². The third kappa shape index (κ3) is 1.04. The largest absolute Gasteiger partial charge is 0.481 e. The molecule has 0 spiro atoms. The van der Waals surface area contributed by atoms with Gasteiger partial charge in [-0.3, -0.25) is 4.79 Å². The van der Waals surface area contributed by atoms with E-state index in [1.54, 1.807) is 0 Å². The minimum atomic E-state index is -0.783. The molecular formula is C12H18FNO2. The van der Waals surface area contributed by atoms with E-state index in [-0.39, 0.29) is 35.5 Å². The summed E-state index contributed by atoms with van der Waals surface area (Å²) in [6.45, 7) is 0.407. The molecule has 3 saturated carbocycles. The first kappa shape index (κ1) is 10.5.